The van der Waals surface area contributed by atoms with Gasteiger partial charge in [0.2, 0.25) is 0 Å². The van der Waals surface area contributed by atoms with Crippen molar-refractivity contribution in [1.82, 2.24) is 0 Å². The van der Waals surface area contributed by atoms with Crippen LogP contribution in [0.3, 0.4) is 0 Å². The summed E-state index contributed by atoms with van der Waals surface area (Å²) in [6.07, 6.45) is 9.30. The van der Waals surface area contributed by atoms with Gasteiger partial charge in [-0.1, -0.05) is 0 Å². The van der Waals surface area contributed by atoms with E-state index in [1.54, 1.807) is 15.3 Å². The number of allylic oxidation sites excluding steroid dienone is 4. The second kappa shape index (κ2) is 13.7. The molecule has 4 aromatic carbocycles. The van der Waals surface area contributed by atoms with Gasteiger partial charge in [-0.05, 0) is 0 Å². The van der Waals surface area contributed by atoms with Gasteiger partial charge in [0, 0.05) is 0 Å². The summed E-state index contributed by atoms with van der Waals surface area (Å²) < 4.78 is 5.02. The van der Waals surface area contributed by atoms with Gasteiger partial charge in [0.1, 0.15) is 0 Å². The van der Waals surface area contributed by atoms with Gasteiger partial charge in [-0.25, -0.2) is 0 Å². The smallest absolute Gasteiger partial charge is 0.147 e. The van der Waals surface area contributed by atoms with Crippen molar-refractivity contribution in [2.75, 3.05) is 0 Å². The Hall–Kier alpha value is -2.31. The average molecular weight is 729 g/mol. The van der Waals surface area contributed by atoms with Crippen molar-refractivity contribution >= 4 is 31.3 Å². The molecule has 46 heavy (non-hydrogen) atoms. The molecular weight excluding hydrogens is 679 g/mol. The van der Waals surface area contributed by atoms with Gasteiger partial charge >= 0.3 is 276 Å². The van der Waals surface area contributed by atoms with Crippen LogP contribution in [0.5, 0.6) is 0 Å². The van der Waals surface area contributed by atoms with Gasteiger partial charge in [-0.15, -0.1) is 24.8 Å². The van der Waals surface area contributed by atoms with Crippen LogP contribution < -0.4 is 3.27 Å². The van der Waals surface area contributed by atoms with Crippen molar-refractivity contribution in [3.8, 4) is 11.1 Å². The maximum Gasteiger partial charge on any atom is -0.147 e. The molecular formula is C43H50Cl2Zr. The van der Waals surface area contributed by atoms with E-state index in [2.05, 4.69) is 154 Å². The summed E-state index contributed by atoms with van der Waals surface area (Å²) in [5.74, 6) is 0. The summed E-state index contributed by atoms with van der Waals surface area (Å²) in [7, 11) is 0. The number of benzene rings is 4. The first kappa shape index (κ1) is 36.5. The summed E-state index contributed by atoms with van der Waals surface area (Å²) in [5.41, 5.74) is 17.7. The third-order valence-electron chi connectivity index (χ3n) is 9.62. The number of hydrogen-bond donors (Lipinski definition) is 0. The van der Waals surface area contributed by atoms with Gasteiger partial charge in [-0.3, -0.25) is 0 Å². The Labute approximate surface area is 298 Å². The molecule has 0 unspecified atom stereocenters. The summed E-state index contributed by atoms with van der Waals surface area (Å²) in [4.78, 5) is 0. The summed E-state index contributed by atoms with van der Waals surface area (Å²) in [6, 6.07) is 26.3. The Bertz CT molecular complexity index is 1860. The molecule has 0 bridgehead atoms. The maximum atomic E-state index is 2.59. The predicted octanol–water partition coefficient (Wildman–Crippen LogP) is 11.3. The Morgan fingerprint density at radius 1 is 0.674 bits per heavy atom. The Balaban J connectivity index is 0.00000240. The van der Waals surface area contributed by atoms with Crippen molar-refractivity contribution < 1.29 is 21.3 Å². The van der Waals surface area contributed by atoms with Crippen LogP contribution in [0.2, 0.25) is 0 Å². The molecule has 0 fully saturated rings. The van der Waals surface area contributed by atoms with Crippen molar-refractivity contribution in [1.29, 1.82) is 0 Å². The third-order valence-corrected chi connectivity index (χ3v) is 17.7. The number of halogens is 2. The first-order chi connectivity index (χ1) is 20.7. The third kappa shape index (κ3) is 6.81. The molecule has 6 rings (SSSR count). The minimum absolute atomic E-state index is 0. The standard InChI is InChI=1S/C23H29.C15H14.C5H5.2ClH.Zr/c1-14-9-16-11-17-10-15(2)21(23(6,7)8)13-19(17)18(16)12-20(14)22(3,4)5;1-12-5-3-7-14(9-12)11-15-8-4-6-13(2)10-15;1-2-4-5-3-1;;;/h9,12-13H,11H2,1-8H3;3-10H,1-2H3;1-3H,4H2;2*1H;. The van der Waals surface area contributed by atoms with E-state index in [-0.39, 0.29) is 35.6 Å². The zero-order valence-electron chi connectivity index (χ0n) is 29.3. The Kier molecular flexibility index (Phi) is 10.9. The molecule has 2 aliphatic carbocycles. The first-order valence-electron chi connectivity index (χ1n) is 16.3. The largest absolute Gasteiger partial charge is 0.147 e. The average Bonchev–Trinajstić information content (AvgIpc) is 3.58. The minimum Gasteiger partial charge on any atom is -0.147 e. The molecule has 3 heteroatoms. The van der Waals surface area contributed by atoms with E-state index in [0.717, 1.165) is 12.8 Å². The normalized spacial score (nSPS) is 13.4. The van der Waals surface area contributed by atoms with Gasteiger partial charge in [0.05, 0.1) is 0 Å². The second-order valence-corrected chi connectivity index (χ2v) is 21.1. The second-order valence-electron chi connectivity index (χ2n) is 15.3. The fourth-order valence-electron chi connectivity index (χ4n) is 7.68. The molecule has 0 nitrogen and oxygen atoms in total. The zero-order chi connectivity index (χ0) is 31.6. The molecule has 0 spiro atoms. The van der Waals surface area contributed by atoms with Crippen LogP contribution in [0.15, 0.2) is 88.2 Å². The fourth-order valence-corrected chi connectivity index (χ4v) is 16.0. The predicted molar refractivity (Wildman–Crippen MR) is 203 cm³/mol. The maximum absolute atomic E-state index is 2.77. The molecule has 2 aliphatic rings. The Morgan fingerprint density at radius 3 is 1.74 bits per heavy atom. The van der Waals surface area contributed by atoms with Gasteiger partial charge in [0.25, 0.3) is 0 Å². The zero-order valence-corrected chi connectivity index (χ0v) is 33.4. The molecule has 0 saturated heterocycles. The SMILES string of the molecule is Cc1cccc([C](c2cccc(C)c2)=[Zr]([C]2=CC=CC2)[c]2c(C)c(C(C)(C)C)cc3c2Cc2cc(C)c(C(C)(C)C)cc2-3)c1.Cl.Cl. The van der Waals surface area contributed by atoms with E-state index < -0.39 is 21.3 Å². The van der Waals surface area contributed by atoms with E-state index in [0.29, 0.717) is 0 Å². The van der Waals surface area contributed by atoms with E-state index in [9.17, 15) is 0 Å². The molecule has 4 aromatic rings. The van der Waals surface area contributed by atoms with Crippen LogP contribution in [0.4, 0.5) is 0 Å². The van der Waals surface area contributed by atoms with E-state index in [1.165, 1.54) is 61.2 Å². The summed E-state index contributed by atoms with van der Waals surface area (Å²) in [5, 5.41) is 0. The van der Waals surface area contributed by atoms with Crippen molar-refractivity contribution in [3.63, 3.8) is 0 Å². The molecule has 240 valence electrons. The van der Waals surface area contributed by atoms with E-state index in [4.69, 9.17) is 0 Å². The van der Waals surface area contributed by atoms with Crippen molar-refractivity contribution in [3.05, 3.63) is 144 Å². The van der Waals surface area contributed by atoms with Crippen LogP contribution in [0, 0.1) is 27.7 Å². The molecule has 0 atom stereocenters. The topological polar surface area (TPSA) is 0 Å². The molecule has 0 aromatic heterocycles. The van der Waals surface area contributed by atoms with Crippen LogP contribution in [-0.2, 0) is 38.5 Å². The molecule has 0 radical (unpaired) electrons. The van der Waals surface area contributed by atoms with Crippen LogP contribution in [0.1, 0.15) is 104 Å². The van der Waals surface area contributed by atoms with Crippen molar-refractivity contribution in [2.24, 2.45) is 0 Å². The van der Waals surface area contributed by atoms with Crippen LogP contribution >= 0.6 is 24.8 Å². The molecule has 0 N–H and O–H groups in total. The van der Waals surface area contributed by atoms with Crippen molar-refractivity contribution in [2.45, 2.75) is 92.9 Å². The molecule has 0 saturated carbocycles. The van der Waals surface area contributed by atoms with E-state index in [1.807, 2.05) is 0 Å². The van der Waals surface area contributed by atoms with E-state index >= 15 is 0 Å². The van der Waals surface area contributed by atoms with Gasteiger partial charge < -0.3 is 0 Å². The molecule has 0 heterocycles. The van der Waals surface area contributed by atoms with Crippen LogP contribution in [0.25, 0.3) is 11.1 Å². The van der Waals surface area contributed by atoms with Gasteiger partial charge in [0.15, 0.2) is 0 Å². The fraction of sp³-hybridized carbons (Fsp3) is 0.326. The first-order valence-corrected chi connectivity index (χ1v) is 20.0. The van der Waals surface area contributed by atoms with Gasteiger partial charge in [-0.2, -0.15) is 0 Å². The number of hydrogen-bond acceptors (Lipinski definition) is 0. The number of fused-ring (bicyclic) bond motifs is 3. The number of aryl methyl sites for hydroxylation is 3. The number of rotatable bonds is 4. The Morgan fingerprint density at radius 2 is 1.24 bits per heavy atom. The summed E-state index contributed by atoms with van der Waals surface area (Å²) in [6.45, 7) is 23.5. The molecule has 0 aliphatic heterocycles. The summed E-state index contributed by atoms with van der Waals surface area (Å²) >= 11 is -2.77. The monoisotopic (exact) mass is 726 g/mol. The quantitative estimate of drug-likeness (QED) is 0.173. The molecule has 0 amide bonds. The minimum atomic E-state index is -2.77. The van der Waals surface area contributed by atoms with Crippen LogP contribution in [-0.4, -0.2) is 3.21 Å².